The third-order valence-corrected chi connectivity index (χ3v) is 5.17. The van der Waals surface area contributed by atoms with Crippen molar-refractivity contribution in [1.82, 2.24) is 10.3 Å². The topological polar surface area (TPSA) is 80.3 Å². The van der Waals surface area contributed by atoms with E-state index in [9.17, 15) is 9.59 Å². The molecule has 1 heterocycles. The number of carbonyl (C=O) groups excluding carboxylic acids is 2. The highest BCUT2D eigenvalue weighted by Gasteiger charge is 2.06. The first-order chi connectivity index (χ1) is 14.1. The normalized spacial score (nSPS) is 10.2. The van der Waals surface area contributed by atoms with Gasteiger partial charge in [0.2, 0.25) is 0 Å². The van der Waals surface area contributed by atoms with Gasteiger partial charge >= 0.3 is 6.09 Å². The van der Waals surface area contributed by atoms with Gasteiger partial charge in [-0.2, -0.15) is 0 Å². The maximum absolute atomic E-state index is 12.4. The van der Waals surface area contributed by atoms with Crippen molar-refractivity contribution in [3.05, 3.63) is 89.7 Å². The lowest BCUT2D eigenvalue weighted by molar-refractivity contribution is 0.0951. The Morgan fingerprint density at radius 3 is 2.41 bits per heavy atom. The fourth-order valence-corrected chi connectivity index (χ4v) is 3.34. The first kappa shape index (κ1) is 20.4. The molecule has 0 atom stereocenters. The van der Waals surface area contributed by atoms with E-state index < -0.39 is 6.09 Å². The fourth-order valence-electron chi connectivity index (χ4n) is 2.51. The minimum absolute atomic E-state index is 0.134. The lowest BCUT2D eigenvalue weighted by atomic mass is 10.2. The Balaban J connectivity index is 1.48. The molecule has 2 amide bonds. The van der Waals surface area contributed by atoms with Crippen LogP contribution in [0.15, 0.2) is 78.0 Å². The number of nitrogens with one attached hydrogen (secondary N) is 2. The van der Waals surface area contributed by atoms with E-state index >= 15 is 0 Å². The summed E-state index contributed by atoms with van der Waals surface area (Å²) in [6.07, 6.45) is 3.09. The van der Waals surface area contributed by atoms with Gasteiger partial charge in [-0.15, -0.1) is 11.8 Å². The molecule has 0 spiro atoms. The molecular formula is C22H21N3O3S. The highest BCUT2D eigenvalue weighted by atomic mass is 32.2. The first-order valence-corrected chi connectivity index (χ1v) is 9.96. The van der Waals surface area contributed by atoms with Gasteiger partial charge in [0.25, 0.3) is 5.91 Å². The quantitative estimate of drug-likeness (QED) is 0.565. The van der Waals surface area contributed by atoms with Gasteiger partial charge in [-0.05, 0) is 53.6 Å². The Bertz CT molecular complexity index is 945. The first-order valence-electron chi connectivity index (χ1n) is 8.98. The molecule has 3 aromatic rings. The molecule has 0 saturated carbocycles. The largest absolute Gasteiger partial charge is 0.453 e. The molecule has 7 heteroatoms. The number of carbonyl (C=O) groups is 2. The molecule has 29 heavy (non-hydrogen) atoms. The fraction of sp³-hybridized carbons (Fsp3) is 0.136. The second-order valence-corrected chi connectivity index (χ2v) is 7.22. The van der Waals surface area contributed by atoms with E-state index in [2.05, 4.69) is 20.4 Å². The molecule has 148 valence electrons. The van der Waals surface area contributed by atoms with Gasteiger partial charge in [-0.25, -0.2) is 4.79 Å². The van der Waals surface area contributed by atoms with Crippen LogP contribution in [-0.2, 0) is 17.0 Å². The van der Waals surface area contributed by atoms with Gasteiger partial charge < -0.3 is 10.1 Å². The van der Waals surface area contributed by atoms with Crippen LogP contribution < -0.4 is 10.6 Å². The van der Waals surface area contributed by atoms with Crippen LogP contribution in [0.3, 0.4) is 0 Å². The zero-order valence-electron chi connectivity index (χ0n) is 15.9. The number of rotatable bonds is 7. The van der Waals surface area contributed by atoms with E-state index in [-0.39, 0.29) is 5.91 Å². The number of thioether (sulfide) groups is 1. The SMILES string of the molecule is COC(=O)Nc1ccc(CNC(=O)c2ccc(SCc3cccnc3)cc2)cc1. The van der Waals surface area contributed by atoms with Crippen molar-refractivity contribution in [3.63, 3.8) is 0 Å². The number of pyridine rings is 1. The van der Waals surface area contributed by atoms with Crippen LogP contribution in [0.1, 0.15) is 21.5 Å². The summed E-state index contributed by atoms with van der Waals surface area (Å²) in [7, 11) is 1.31. The van der Waals surface area contributed by atoms with Crippen LogP contribution in [0.5, 0.6) is 0 Å². The summed E-state index contributed by atoms with van der Waals surface area (Å²) in [5.41, 5.74) is 3.33. The van der Waals surface area contributed by atoms with E-state index in [1.165, 1.54) is 7.11 Å². The molecule has 0 bridgehead atoms. The van der Waals surface area contributed by atoms with Crippen molar-refractivity contribution >= 4 is 29.4 Å². The summed E-state index contributed by atoms with van der Waals surface area (Å²) in [6, 6.07) is 18.7. The van der Waals surface area contributed by atoms with Crippen molar-refractivity contribution in [3.8, 4) is 0 Å². The van der Waals surface area contributed by atoms with Gasteiger partial charge in [-0.1, -0.05) is 18.2 Å². The van der Waals surface area contributed by atoms with Crippen LogP contribution in [0, 0.1) is 0 Å². The summed E-state index contributed by atoms with van der Waals surface area (Å²) in [6.45, 7) is 0.398. The van der Waals surface area contributed by atoms with E-state index in [0.717, 1.165) is 21.8 Å². The Labute approximate surface area is 173 Å². The number of nitrogens with zero attached hydrogens (tertiary/aromatic N) is 1. The van der Waals surface area contributed by atoms with Crippen molar-refractivity contribution < 1.29 is 14.3 Å². The van der Waals surface area contributed by atoms with Crippen molar-refractivity contribution in [2.45, 2.75) is 17.2 Å². The maximum atomic E-state index is 12.4. The summed E-state index contributed by atoms with van der Waals surface area (Å²) in [5.74, 6) is 0.700. The Morgan fingerprint density at radius 1 is 1.00 bits per heavy atom. The van der Waals surface area contributed by atoms with Crippen LogP contribution in [0.25, 0.3) is 0 Å². The minimum Gasteiger partial charge on any atom is -0.453 e. The third-order valence-electron chi connectivity index (χ3n) is 4.08. The van der Waals surface area contributed by atoms with E-state index in [1.807, 2.05) is 54.7 Å². The van der Waals surface area contributed by atoms with Gasteiger partial charge in [-0.3, -0.25) is 15.1 Å². The summed E-state index contributed by atoms with van der Waals surface area (Å²) in [5, 5.41) is 5.48. The third kappa shape index (κ3) is 6.36. The highest BCUT2D eigenvalue weighted by Crippen LogP contribution is 2.22. The monoisotopic (exact) mass is 407 g/mol. The number of ether oxygens (including phenoxy) is 1. The summed E-state index contributed by atoms with van der Waals surface area (Å²) >= 11 is 1.70. The predicted octanol–water partition coefficient (Wildman–Crippen LogP) is 4.48. The number of hydrogen-bond acceptors (Lipinski definition) is 5. The van der Waals surface area contributed by atoms with E-state index in [1.54, 1.807) is 30.1 Å². The average Bonchev–Trinajstić information content (AvgIpc) is 2.78. The molecule has 1 aromatic heterocycles. The molecule has 0 saturated heterocycles. The number of aromatic nitrogens is 1. The second-order valence-electron chi connectivity index (χ2n) is 6.17. The maximum Gasteiger partial charge on any atom is 0.411 e. The second kappa shape index (κ2) is 10.3. The Morgan fingerprint density at radius 2 is 1.76 bits per heavy atom. The van der Waals surface area contributed by atoms with Gasteiger partial charge in [0.05, 0.1) is 7.11 Å². The zero-order chi connectivity index (χ0) is 20.5. The van der Waals surface area contributed by atoms with Crippen molar-refractivity contribution in [2.24, 2.45) is 0 Å². The van der Waals surface area contributed by atoms with Crippen molar-refractivity contribution in [1.29, 1.82) is 0 Å². The molecule has 6 nitrogen and oxygen atoms in total. The zero-order valence-corrected chi connectivity index (χ0v) is 16.7. The molecular weight excluding hydrogens is 386 g/mol. The predicted molar refractivity (Wildman–Crippen MR) is 114 cm³/mol. The molecule has 3 rings (SSSR count). The minimum atomic E-state index is -0.520. The molecule has 0 aliphatic rings. The molecule has 2 aromatic carbocycles. The van der Waals surface area contributed by atoms with Gasteiger partial charge in [0, 0.05) is 40.8 Å². The highest BCUT2D eigenvalue weighted by molar-refractivity contribution is 7.98. The van der Waals surface area contributed by atoms with Crippen molar-refractivity contribution in [2.75, 3.05) is 12.4 Å². The molecule has 0 unspecified atom stereocenters. The standard InChI is InChI=1S/C22H21N3O3S/c1-28-22(27)25-19-8-4-16(5-9-19)14-24-21(26)18-6-10-20(11-7-18)29-15-17-3-2-12-23-13-17/h2-13H,14-15H2,1H3,(H,24,26)(H,25,27). The molecule has 0 aliphatic carbocycles. The van der Waals surface area contributed by atoms with E-state index in [0.29, 0.717) is 17.8 Å². The Hall–Kier alpha value is -3.32. The summed E-state index contributed by atoms with van der Waals surface area (Å²) in [4.78, 5) is 28.7. The van der Waals surface area contributed by atoms with Crippen LogP contribution in [0.2, 0.25) is 0 Å². The average molecular weight is 407 g/mol. The number of methoxy groups -OCH3 is 1. The number of benzene rings is 2. The lowest BCUT2D eigenvalue weighted by Crippen LogP contribution is -2.22. The van der Waals surface area contributed by atoms with Crippen LogP contribution >= 0.6 is 11.8 Å². The molecule has 0 radical (unpaired) electrons. The van der Waals surface area contributed by atoms with Crippen LogP contribution in [-0.4, -0.2) is 24.1 Å². The van der Waals surface area contributed by atoms with Gasteiger partial charge in [0.1, 0.15) is 0 Å². The number of hydrogen-bond donors (Lipinski definition) is 2. The molecule has 0 fully saturated rings. The number of amides is 2. The Kier molecular flexibility index (Phi) is 7.24. The molecule has 2 N–H and O–H groups in total. The van der Waals surface area contributed by atoms with Gasteiger partial charge in [0.15, 0.2) is 0 Å². The van der Waals surface area contributed by atoms with E-state index in [4.69, 9.17) is 0 Å². The molecule has 0 aliphatic heterocycles. The lowest BCUT2D eigenvalue weighted by Gasteiger charge is -2.08. The number of anilines is 1. The summed E-state index contributed by atoms with van der Waals surface area (Å²) < 4.78 is 4.55. The van der Waals surface area contributed by atoms with Crippen LogP contribution in [0.4, 0.5) is 10.5 Å². The smallest absolute Gasteiger partial charge is 0.411 e.